The first-order chi connectivity index (χ1) is 9.17. The van der Waals surface area contributed by atoms with Crippen molar-refractivity contribution in [2.75, 3.05) is 25.3 Å². The van der Waals surface area contributed by atoms with Crippen LogP contribution in [0.1, 0.15) is 10.4 Å². The predicted molar refractivity (Wildman–Crippen MR) is 70.5 cm³/mol. The molecule has 7 nitrogen and oxygen atoms in total. The Hall–Kier alpha value is -2.70. The highest BCUT2D eigenvalue weighted by atomic mass is 16.5. The van der Waals surface area contributed by atoms with Crippen LogP contribution >= 0.6 is 0 Å². The third-order valence-electron chi connectivity index (χ3n) is 2.55. The summed E-state index contributed by atoms with van der Waals surface area (Å²) in [7, 11) is 2.98. The number of hydrogen-bond donors (Lipinski definition) is 3. The van der Waals surface area contributed by atoms with E-state index in [4.69, 9.17) is 15.2 Å². The van der Waals surface area contributed by atoms with E-state index >= 15 is 0 Å². The Morgan fingerprint density at radius 2 is 2.16 bits per heavy atom. The summed E-state index contributed by atoms with van der Waals surface area (Å²) in [5.41, 5.74) is 6.33. The minimum absolute atomic E-state index is 0.342. The highest BCUT2D eigenvalue weighted by Crippen LogP contribution is 2.31. The quantitative estimate of drug-likeness (QED) is 0.769. The summed E-state index contributed by atoms with van der Waals surface area (Å²) in [6, 6.07) is 5.04. The molecule has 0 spiro atoms. The molecule has 4 N–H and O–H groups in total. The summed E-state index contributed by atoms with van der Waals surface area (Å²) in [5, 5.41) is 8.93. The third-order valence-corrected chi connectivity index (χ3v) is 2.55. The van der Waals surface area contributed by atoms with Gasteiger partial charge < -0.3 is 20.5 Å². The summed E-state index contributed by atoms with van der Waals surface area (Å²) in [4.78, 5) is 12.2. The third kappa shape index (κ3) is 2.44. The lowest BCUT2D eigenvalue weighted by Gasteiger charge is -2.12. The second kappa shape index (κ2) is 5.30. The van der Waals surface area contributed by atoms with Gasteiger partial charge in [-0.15, -0.1) is 0 Å². The van der Waals surface area contributed by atoms with Crippen LogP contribution < -0.4 is 20.5 Å². The van der Waals surface area contributed by atoms with Crippen LogP contribution in [-0.2, 0) is 0 Å². The number of nitrogens with one attached hydrogen (secondary N) is 2. The number of rotatable bonds is 4. The molecule has 7 heteroatoms. The van der Waals surface area contributed by atoms with Crippen LogP contribution in [0.4, 0.5) is 11.5 Å². The van der Waals surface area contributed by atoms with Crippen molar-refractivity contribution >= 4 is 17.4 Å². The second-order valence-electron chi connectivity index (χ2n) is 3.70. The Balaban J connectivity index is 2.31. The number of benzene rings is 1. The van der Waals surface area contributed by atoms with Crippen molar-refractivity contribution < 1.29 is 14.3 Å². The van der Waals surface area contributed by atoms with Crippen LogP contribution in [-0.4, -0.2) is 30.3 Å². The van der Waals surface area contributed by atoms with Crippen molar-refractivity contribution in [1.82, 2.24) is 10.2 Å². The summed E-state index contributed by atoms with van der Waals surface area (Å²) >= 11 is 0. The van der Waals surface area contributed by atoms with Gasteiger partial charge in [0.05, 0.1) is 31.7 Å². The maximum atomic E-state index is 12.2. The zero-order valence-corrected chi connectivity index (χ0v) is 10.6. The highest BCUT2D eigenvalue weighted by molar-refractivity contribution is 6.07. The van der Waals surface area contributed by atoms with Gasteiger partial charge in [0.2, 0.25) is 0 Å². The minimum Gasteiger partial charge on any atom is -0.493 e. The smallest absolute Gasteiger partial charge is 0.260 e. The lowest BCUT2D eigenvalue weighted by Crippen LogP contribution is -2.14. The van der Waals surface area contributed by atoms with Gasteiger partial charge in [-0.25, -0.2) is 0 Å². The van der Waals surface area contributed by atoms with E-state index in [-0.39, 0.29) is 5.91 Å². The van der Waals surface area contributed by atoms with Crippen LogP contribution in [0.3, 0.4) is 0 Å². The standard InChI is InChI=1S/C12H14N4O3/c1-18-9-5-3-4-7(10(9)19-2)12(17)15-11-8(13)6-14-16-11/h3-6H,13H2,1-2H3,(H2,14,15,16,17). The van der Waals surface area contributed by atoms with Gasteiger partial charge in [-0.3, -0.25) is 9.89 Å². The molecule has 1 heterocycles. The molecule has 100 valence electrons. The zero-order valence-electron chi connectivity index (χ0n) is 10.6. The molecule has 0 unspecified atom stereocenters. The van der Waals surface area contributed by atoms with E-state index in [1.807, 2.05) is 0 Å². The van der Waals surface area contributed by atoms with Crippen molar-refractivity contribution in [3.8, 4) is 11.5 Å². The average molecular weight is 262 g/mol. The molecular weight excluding hydrogens is 248 g/mol. The van der Waals surface area contributed by atoms with E-state index in [2.05, 4.69) is 15.5 Å². The van der Waals surface area contributed by atoms with Gasteiger partial charge in [-0.1, -0.05) is 6.07 Å². The number of nitrogens with two attached hydrogens (primary N) is 1. The molecule has 0 saturated heterocycles. The first-order valence-electron chi connectivity index (χ1n) is 5.48. The lowest BCUT2D eigenvalue weighted by atomic mass is 10.1. The van der Waals surface area contributed by atoms with Crippen molar-refractivity contribution in [3.63, 3.8) is 0 Å². The summed E-state index contributed by atoms with van der Waals surface area (Å²) < 4.78 is 10.3. The second-order valence-corrected chi connectivity index (χ2v) is 3.70. The average Bonchev–Trinajstić information content (AvgIpc) is 2.83. The van der Waals surface area contributed by atoms with Gasteiger partial charge in [0, 0.05) is 0 Å². The van der Waals surface area contributed by atoms with Gasteiger partial charge >= 0.3 is 0 Å². The zero-order chi connectivity index (χ0) is 13.8. The fourth-order valence-electron chi connectivity index (χ4n) is 1.64. The van der Waals surface area contributed by atoms with Gasteiger partial charge in [-0.05, 0) is 12.1 Å². The molecule has 2 aromatic rings. The van der Waals surface area contributed by atoms with E-state index in [0.29, 0.717) is 28.6 Å². The van der Waals surface area contributed by atoms with E-state index in [0.717, 1.165) is 0 Å². The van der Waals surface area contributed by atoms with Gasteiger partial charge in [0.25, 0.3) is 5.91 Å². The van der Waals surface area contributed by atoms with Crippen LogP contribution in [0.5, 0.6) is 11.5 Å². The Morgan fingerprint density at radius 1 is 1.37 bits per heavy atom. The first kappa shape index (κ1) is 12.7. The molecular formula is C12H14N4O3. The molecule has 19 heavy (non-hydrogen) atoms. The number of aromatic amines is 1. The number of hydrogen-bond acceptors (Lipinski definition) is 5. The van der Waals surface area contributed by atoms with Gasteiger partial charge in [0.15, 0.2) is 17.3 Å². The maximum absolute atomic E-state index is 12.2. The Bertz CT molecular complexity index is 594. The number of nitrogen functional groups attached to an aromatic ring is 1. The first-order valence-corrected chi connectivity index (χ1v) is 5.48. The molecule has 2 rings (SSSR count). The molecule has 1 amide bonds. The van der Waals surface area contributed by atoms with Crippen LogP contribution in [0, 0.1) is 0 Å². The molecule has 0 aliphatic carbocycles. The Morgan fingerprint density at radius 3 is 2.74 bits per heavy atom. The van der Waals surface area contributed by atoms with Crippen LogP contribution in [0.25, 0.3) is 0 Å². The van der Waals surface area contributed by atoms with Crippen molar-refractivity contribution in [2.45, 2.75) is 0 Å². The summed E-state index contributed by atoms with van der Waals surface area (Å²) in [6.07, 6.45) is 1.42. The van der Waals surface area contributed by atoms with Crippen molar-refractivity contribution in [1.29, 1.82) is 0 Å². The van der Waals surface area contributed by atoms with Crippen molar-refractivity contribution in [2.24, 2.45) is 0 Å². The van der Waals surface area contributed by atoms with Crippen LogP contribution in [0.15, 0.2) is 24.4 Å². The number of ether oxygens (including phenoxy) is 2. The number of para-hydroxylation sites is 1. The highest BCUT2D eigenvalue weighted by Gasteiger charge is 2.17. The SMILES string of the molecule is COc1cccc(C(=O)Nc2[nH]ncc2N)c1OC. The number of carbonyl (C=O) groups is 1. The monoisotopic (exact) mass is 262 g/mol. The summed E-state index contributed by atoms with van der Waals surface area (Å²) in [6.45, 7) is 0. The normalized spacial score (nSPS) is 10.0. The van der Waals surface area contributed by atoms with Crippen LogP contribution in [0.2, 0.25) is 0 Å². The van der Waals surface area contributed by atoms with Gasteiger partial charge in [-0.2, -0.15) is 5.10 Å². The van der Waals surface area contributed by atoms with Crippen molar-refractivity contribution in [3.05, 3.63) is 30.0 Å². The van der Waals surface area contributed by atoms with E-state index in [9.17, 15) is 4.79 Å². The Kier molecular flexibility index (Phi) is 3.56. The van der Waals surface area contributed by atoms with E-state index in [1.54, 1.807) is 18.2 Å². The molecule has 1 aromatic heterocycles. The number of amides is 1. The molecule has 0 fully saturated rings. The molecule has 0 saturated carbocycles. The molecule has 0 atom stereocenters. The molecule has 0 aliphatic rings. The topological polar surface area (TPSA) is 102 Å². The predicted octanol–water partition coefficient (Wildman–Crippen LogP) is 1.26. The number of H-pyrrole nitrogens is 1. The minimum atomic E-state index is -0.369. The maximum Gasteiger partial charge on any atom is 0.260 e. The molecule has 0 radical (unpaired) electrons. The number of methoxy groups -OCH3 is 2. The summed E-state index contributed by atoms with van der Waals surface area (Å²) in [5.74, 6) is 0.815. The van der Waals surface area contributed by atoms with Gasteiger partial charge in [0.1, 0.15) is 0 Å². The largest absolute Gasteiger partial charge is 0.493 e. The van der Waals surface area contributed by atoms with E-state index < -0.39 is 0 Å². The number of carbonyl (C=O) groups excluding carboxylic acids is 1. The molecule has 1 aromatic carbocycles. The lowest BCUT2D eigenvalue weighted by molar-refractivity contribution is 0.102. The number of anilines is 2. The van der Waals surface area contributed by atoms with E-state index in [1.165, 1.54) is 20.4 Å². The molecule has 0 aliphatic heterocycles. The fourth-order valence-corrected chi connectivity index (χ4v) is 1.64. The number of aromatic nitrogens is 2. The number of nitrogens with zero attached hydrogens (tertiary/aromatic N) is 1. The Labute approximate surface area is 109 Å². The fraction of sp³-hybridized carbons (Fsp3) is 0.167. The molecule has 0 bridgehead atoms.